The number of hydrogen-bond acceptors (Lipinski definition) is 5. The van der Waals surface area contributed by atoms with Gasteiger partial charge in [-0.15, -0.1) is 0 Å². The first-order valence-electron chi connectivity index (χ1n) is 9.36. The van der Waals surface area contributed by atoms with E-state index in [0.717, 1.165) is 37.7 Å². The van der Waals surface area contributed by atoms with Gasteiger partial charge < -0.3 is 14.4 Å². The minimum atomic E-state index is -3.50. The Hall–Kier alpha value is -1.80. The molecule has 152 valence electrons. The summed E-state index contributed by atoms with van der Waals surface area (Å²) in [7, 11) is -1.92. The summed E-state index contributed by atoms with van der Waals surface area (Å²) in [4.78, 5) is 14.5. The lowest BCUT2D eigenvalue weighted by atomic mass is 10.00. The molecule has 1 aromatic carbocycles. The summed E-state index contributed by atoms with van der Waals surface area (Å²) in [6.07, 6.45) is 5.10. The van der Waals surface area contributed by atoms with Crippen LogP contribution in [0.3, 0.4) is 0 Å². The molecule has 7 nitrogen and oxygen atoms in total. The molecule has 1 saturated heterocycles. The fourth-order valence-electron chi connectivity index (χ4n) is 3.29. The Morgan fingerprint density at radius 2 is 1.89 bits per heavy atom. The summed E-state index contributed by atoms with van der Waals surface area (Å²) >= 11 is 0. The smallest absolute Gasteiger partial charge is 0.238 e. The summed E-state index contributed by atoms with van der Waals surface area (Å²) in [5.74, 6) is 1.21. The molecular formula is C19H30N2O5S. The Kier molecular flexibility index (Phi) is 7.91. The largest absolute Gasteiger partial charge is 0.497 e. The van der Waals surface area contributed by atoms with Crippen molar-refractivity contribution in [1.29, 1.82) is 0 Å². The topological polar surface area (TPSA) is 76.2 Å². The lowest BCUT2D eigenvalue weighted by molar-refractivity contribution is -0.135. The van der Waals surface area contributed by atoms with Crippen LogP contribution in [-0.2, 0) is 14.8 Å². The molecule has 1 unspecified atom stereocenters. The molecule has 0 saturated carbocycles. The first-order chi connectivity index (χ1) is 12.8. The van der Waals surface area contributed by atoms with Gasteiger partial charge in [-0.05, 0) is 49.9 Å². The number of likely N-dealkylation sites (tertiary alicyclic amines) is 1. The van der Waals surface area contributed by atoms with Crippen molar-refractivity contribution < 1.29 is 22.7 Å². The van der Waals surface area contributed by atoms with E-state index in [-0.39, 0.29) is 31.6 Å². The third-order valence-corrected chi connectivity index (χ3v) is 6.12. The van der Waals surface area contributed by atoms with E-state index >= 15 is 0 Å². The molecule has 0 N–H and O–H groups in total. The monoisotopic (exact) mass is 398 g/mol. The second kappa shape index (κ2) is 9.94. The molecule has 0 bridgehead atoms. The molecule has 1 aliphatic rings. The molecule has 0 radical (unpaired) electrons. The van der Waals surface area contributed by atoms with E-state index in [9.17, 15) is 13.2 Å². The molecule has 8 heteroatoms. The van der Waals surface area contributed by atoms with Crippen molar-refractivity contribution in [2.24, 2.45) is 0 Å². The first kappa shape index (κ1) is 21.5. The standard InChI is InChI=1S/C19H30N2O5S/c1-4-16-7-5-6-12-21(16)19(22)15-20(27(3,23)24)13-14-26-18-10-8-17(25-2)9-11-18/h8-11,16H,4-7,12-15H2,1-3H3. The fraction of sp³-hybridized carbons (Fsp3) is 0.632. The number of sulfonamides is 1. The summed E-state index contributed by atoms with van der Waals surface area (Å²) in [5, 5.41) is 0. The van der Waals surface area contributed by atoms with Crippen molar-refractivity contribution in [1.82, 2.24) is 9.21 Å². The van der Waals surface area contributed by atoms with Crippen molar-refractivity contribution in [3.63, 3.8) is 0 Å². The number of carbonyl (C=O) groups is 1. The van der Waals surface area contributed by atoms with Crippen molar-refractivity contribution in [2.75, 3.05) is 39.6 Å². The Balaban J connectivity index is 1.93. The van der Waals surface area contributed by atoms with Crippen LogP contribution in [-0.4, -0.2) is 69.2 Å². The molecule has 1 amide bonds. The molecular weight excluding hydrogens is 368 g/mol. The van der Waals surface area contributed by atoms with Crippen LogP contribution in [0.25, 0.3) is 0 Å². The van der Waals surface area contributed by atoms with Crippen LogP contribution in [0.5, 0.6) is 11.5 Å². The Morgan fingerprint density at radius 3 is 2.48 bits per heavy atom. The lowest BCUT2D eigenvalue weighted by Gasteiger charge is -2.36. The van der Waals surface area contributed by atoms with E-state index in [1.165, 1.54) is 4.31 Å². The predicted molar refractivity (Wildman–Crippen MR) is 105 cm³/mol. The highest BCUT2D eigenvalue weighted by atomic mass is 32.2. The zero-order valence-corrected chi connectivity index (χ0v) is 17.2. The quantitative estimate of drug-likeness (QED) is 0.637. The normalized spacial score (nSPS) is 17.8. The molecule has 1 heterocycles. The van der Waals surface area contributed by atoms with Gasteiger partial charge in [0, 0.05) is 19.1 Å². The number of benzene rings is 1. The van der Waals surface area contributed by atoms with Gasteiger partial charge in [0.15, 0.2) is 0 Å². The maximum absolute atomic E-state index is 12.7. The molecule has 1 aliphatic heterocycles. The average Bonchev–Trinajstić information content (AvgIpc) is 2.66. The number of amides is 1. The van der Waals surface area contributed by atoms with Crippen molar-refractivity contribution in [3.05, 3.63) is 24.3 Å². The van der Waals surface area contributed by atoms with E-state index in [1.807, 2.05) is 4.90 Å². The lowest BCUT2D eigenvalue weighted by Crippen LogP contribution is -2.49. The molecule has 0 spiro atoms. The third-order valence-electron chi connectivity index (χ3n) is 4.87. The fourth-order valence-corrected chi connectivity index (χ4v) is 4.05. The van der Waals surface area contributed by atoms with Crippen molar-refractivity contribution >= 4 is 15.9 Å². The van der Waals surface area contributed by atoms with E-state index in [2.05, 4.69) is 6.92 Å². The van der Waals surface area contributed by atoms with Gasteiger partial charge in [0.1, 0.15) is 18.1 Å². The van der Waals surface area contributed by atoms with Gasteiger partial charge in [-0.2, -0.15) is 4.31 Å². The molecule has 0 aliphatic carbocycles. The third kappa shape index (κ3) is 6.39. The second-order valence-electron chi connectivity index (χ2n) is 6.77. The van der Waals surface area contributed by atoms with E-state index in [1.54, 1.807) is 31.4 Å². The average molecular weight is 399 g/mol. The van der Waals surface area contributed by atoms with E-state index in [4.69, 9.17) is 9.47 Å². The van der Waals surface area contributed by atoms with Crippen LogP contribution in [0.2, 0.25) is 0 Å². The zero-order valence-electron chi connectivity index (χ0n) is 16.4. The maximum atomic E-state index is 12.7. The number of rotatable bonds is 9. The molecule has 27 heavy (non-hydrogen) atoms. The predicted octanol–water partition coefficient (Wildman–Crippen LogP) is 2.13. The summed E-state index contributed by atoms with van der Waals surface area (Å²) < 4.78 is 36.1. The van der Waals surface area contributed by atoms with E-state index < -0.39 is 10.0 Å². The summed E-state index contributed by atoms with van der Waals surface area (Å²) in [6.45, 7) is 2.93. The van der Waals surface area contributed by atoms with Crippen molar-refractivity contribution in [3.8, 4) is 11.5 Å². The molecule has 1 aromatic rings. The number of ether oxygens (including phenoxy) is 2. The van der Waals surface area contributed by atoms with Gasteiger partial charge in [0.25, 0.3) is 0 Å². The number of nitrogens with zero attached hydrogens (tertiary/aromatic N) is 2. The van der Waals surface area contributed by atoms with Crippen LogP contribution in [0.1, 0.15) is 32.6 Å². The number of carbonyl (C=O) groups excluding carboxylic acids is 1. The van der Waals surface area contributed by atoms with Gasteiger partial charge in [-0.25, -0.2) is 8.42 Å². The van der Waals surface area contributed by atoms with Gasteiger partial charge in [-0.1, -0.05) is 6.92 Å². The molecule has 1 fully saturated rings. The molecule has 1 atom stereocenters. The van der Waals surface area contributed by atoms with Gasteiger partial charge in [0.2, 0.25) is 15.9 Å². The molecule has 0 aromatic heterocycles. The maximum Gasteiger partial charge on any atom is 0.238 e. The Bertz CT molecular complexity index is 705. The summed E-state index contributed by atoms with van der Waals surface area (Å²) in [5.41, 5.74) is 0. The highest BCUT2D eigenvalue weighted by Gasteiger charge is 2.28. The van der Waals surface area contributed by atoms with Crippen LogP contribution in [0.4, 0.5) is 0 Å². The Morgan fingerprint density at radius 1 is 1.22 bits per heavy atom. The van der Waals surface area contributed by atoms with Crippen LogP contribution in [0.15, 0.2) is 24.3 Å². The van der Waals surface area contributed by atoms with Crippen molar-refractivity contribution in [2.45, 2.75) is 38.6 Å². The van der Waals surface area contributed by atoms with Gasteiger partial charge in [-0.3, -0.25) is 4.79 Å². The van der Waals surface area contributed by atoms with Gasteiger partial charge in [0.05, 0.1) is 19.9 Å². The van der Waals surface area contributed by atoms with Crippen LogP contribution in [0, 0.1) is 0 Å². The number of hydrogen-bond donors (Lipinski definition) is 0. The Labute approximate surface area is 162 Å². The number of methoxy groups -OCH3 is 1. The summed E-state index contributed by atoms with van der Waals surface area (Å²) in [6, 6.07) is 7.27. The SMILES string of the molecule is CCC1CCCCN1C(=O)CN(CCOc1ccc(OC)cc1)S(C)(=O)=O. The minimum absolute atomic E-state index is 0.126. The first-order valence-corrected chi connectivity index (χ1v) is 11.2. The second-order valence-corrected chi connectivity index (χ2v) is 8.75. The van der Waals surface area contributed by atoms with Gasteiger partial charge >= 0.3 is 0 Å². The highest BCUT2D eigenvalue weighted by Crippen LogP contribution is 2.20. The molecule has 2 rings (SSSR count). The number of piperidine rings is 1. The van der Waals surface area contributed by atoms with Crippen LogP contribution < -0.4 is 9.47 Å². The van der Waals surface area contributed by atoms with Crippen LogP contribution >= 0.6 is 0 Å². The van der Waals surface area contributed by atoms with E-state index in [0.29, 0.717) is 12.3 Å². The zero-order chi connectivity index (χ0) is 19.9. The minimum Gasteiger partial charge on any atom is -0.497 e. The highest BCUT2D eigenvalue weighted by molar-refractivity contribution is 7.88.